The number of carboxylic acid groups (broad SMARTS) is 1. The van der Waals surface area contributed by atoms with Crippen molar-refractivity contribution in [1.82, 2.24) is 9.78 Å². The average molecular weight is 336 g/mol. The summed E-state index contributed by atoms with van der Waals surface area (Å²) in [6, 6.07) is 17.7. The summed E-state index contributed by atoms with van der Waals surface area (Å²) in [7, 11) is 1.32. The summed E-state index contributed by atoms with van der Waals surface area (Å²) in [5, 5.41) is 13.8. The number of carboxylic acids is 1. The first-order valence-corrected chi connectivity index (χ1v) is 7.62. The van der Waals surface area contributed by atoms with E-state index in [0.29, 0.717) is 11.3 Å². The van der Waals surface area contributed by atoms with Gasteiger partial charge in [-0.25, -0.2) is 9.59 Å². The van der Waals surface area contributed by atoms with E-state index in [4.69, 9.17) is 0 Å². The van der Waals surface area contributed by atoms with Crippen LogP contribution in [0.2, 0.25) is 0 Å². The van der Waals surface area contributed by atoms with Crippen LogP contribution in [0.5, 0.6) is 0 Å². The van der Waals surface area contributed by atoms with Crippen molar-refractivity contribution in [1.29, 1.82) is 0 Å². The van der Waals surface area contributed by atoms with Crippen molar-refractivity contribution in [3.63, 3.8) is 0 Å². The van der Waals surface area contributed by atoms with Crippen molar-refractivity contribution in [2.24, 2.45) is 0 Å². The highest BCUT2D eigenvalue weighted by Gasteiger charge is 2.15. The fraction of sp³-hybridized carbons (Fsp3) is 0.105. The molecule has 6 heteroatoms. The summed E-state index contributed by atoms with van der Waals surface area (Å²) >= 11 is 0. The summed E-state index contributed by atoms with van der Waals surface area (Å²) in [6.07, 6.45) is 0. The van der Waals surface area contributed by atoms with E-state index in [9.17, 15) is 14.7 Å². The lowest BCUT2D eigenvalue weighted by Crippen LogP contribution is -2.11. The number of carbonyl (C=O) groups is 2. The van der Waals surface area contributed by atoms with E-state index < -0.39 is 11.9 Å². The van der Waals surface area contributed by atoms with Gasteiger partial charge < -0.3 is 9.84 Å². The molecule has 0 fully saturated rings. The Balaban J connectivity index is 1.90. The Hall–Kier alpha value is -3.41. The zero-order valence-electron chi connectivity index (χ0n) is 13.5. The van der Waals surface area contributed by atoms with E-state index in [0.717, 1.165) is 11.1 Å². The van der Waals surface area contributed by atoms with Crippen LogP contribution in [0.3, 0.4) is 0 Å². The summed E-state index contributed by atoms with van der Waals surface area (Å²) in [6.45, 7) is 0.288. The van der Waals surface area contributed by atoms with Gasteiger partial charge in [0.25, 0.3) is 0 Å². The van der Waals surface area contributed by atoms with E-state index >= 15 is 0 Å². The molecule has 3 rings (SSSR count). The minimum atomic E-state index is -1.04. The molecule has 0 amide bonds. The third-order valence-electron chi connectivity index (χ3n) is 3.78. The molecule has 3 aromatic rings. The van der Waals surface area contributed by atoms with Gasteiger partial charge in [-0.15, -0.1) is 0 Å². The number of hydrogen-bond acceptors (Lipinski definition) is 4. The van der Waals surface area contributed by atoms with E-state index in [1.165, 1.54) is 11.8 Å². The highest BCUT2D eigenvalue weighted by Crippen LogP contribution is 2.20. The summed E-state index contributed by atoms with van der Waals surface area (Å²) in [5.74, 6) is -1.45. The number of nitrogens with zero attached hydrogens (tertiary/aromatic N) is 2. The first-order chi connectivity index (χ1) is 12.1. The normalized spacial score (nSPS) is 10.4. The molecule has 1 N–H and O–H groups in total. The second-order valence-electron chi connectivity index (χ2n) is 5.43. The molecular formula is C19H16N2O4. The van der Waals surface area contributed by atoms with E-state index in [1.807, 2.05) is 30.3 Å². The standard InChI is InChI=1S/C19H16N2O4/c1-25-19(24)15-9-7-13(8-10-15)12-21-17(18(22)23)11-16(20-21)14-5-3-2-4-6-14/h2-11H,12H2,1H3,(H,22,23). The summed E-state index contributed by atoms with van der Waals surface area (Å²) in [5.41, 5.74) is 2.83. The third-order valence-corrected chi connectivity index (χ3v) is 3.78. The molecule has 0 atom stereocenters. The number of hydrogen-bond donors (Lipinski definition) is 1. The van der Waals surface area contributed by atoms with Crippen LogP contribution in [0.15, 0.2) is 60.7 Å². The van der Waals surface area contributed by atoms with Gasteiger partial charge in [0.05, 0.1) is 24.9 Å². The van der Waals surface area contributed by atoms with Crippen molar-refractivity contribution >= 4 is 11.9 Å². The van der Waals surface area contributed by atoms with Gasteiger partial charge in [-0.3, -0.25) is 4.68 Å². The molecule has 0 unspecified atom stereocenters. The number of carbonyl (C=O) groups excluding carboxylic acids is 1. The third kappa shape index (κ3) is 3.58. The van der Waals surface area contributed by atoms with Gasteiger partial charge in [0.2, 0.25) is 0 Å². The predicted molar refractivity (Wildman–Crippen MR) is 91.5 cm³/mol. The van der Waals surface area contributed by atoms with Crippen molar-refractivity contribution in [2.75, 3.05) is 7.11 Å². The predicted octanol–water partition coefficient (Wildman–Crippen LogP) is 3.08. The lowest BCUT2D eigenvalue weighted by molar-refractivity contribution is 0.0599. The van der Waals surface area contributed by atoms with Crippen LogP contribution in [-0.2, 0) is 11.3 Å². The molecule has 1 aromatic heterocycles. The summed E-state index contributed by atoms with van der Waals surface area (Å²) in [4.78, 5) is 23.0. The van der Waals surface area contributed by atoms with Gasteiger partial charge >= 0.3 is 11.9 Å². The highest BCUT2D eigenvalue weighted by molar-refractivity contribution is 5.89. The maximum atomic E-state index is 11.5. The van der Waals surface area contributed by atoms with Crippen molar-refractivity contribution in [3.8, 4) is 11.3 Å². The molecule has 0 spiro atoms. The van der Waals surface area contributed by atoms with Crippen LogP contribution in [0.1, 0.15) is 26.4 Å². The molecule has 6 nitrogen and oxygen atoms in total. The minimum Gasteiger partial charge on any atom is -0.477 e. The number of ether oxygens (including phenoxy) is 1. The lowest BCUT2D eigenvalue weighted by atomic mass is 10.1. The number of rotatable bonds is 5. The molecule has 0 radical (unpaired) electrons. The topological polar surface area (TPSA) is 81.4 Å². The Morgan fingerprint density at radius 1 is 1.08 bits per heavy atom. The number of aromatic carboxylic acids is 1. The number of aromatic nitrogens is 2. The van der Waals surface area contributed by atoms with Crippen LogP contribution >= 0.6 is 0 Å². The number of methoxy groups -OCH3 is 1. The second kappa shape index (κ2) is 7.00. The minimum absolute atomic E-state index is 0.107. The Kier molecular flexibility index (Phi) is 4.61. The van der Waals surface area contributed by atoms with Crippen LogP contribution < -0.4 is 0 Å². The van der Waals surface area contributed by atoms with Gasteiger partial charge in [0.15, 0.2) is 0 Å². The van der Waals surface area contributed by atoms with Crippen molar-refractivity contribution < 1.29 is 19.4 Å². The van der Waals surface area contributed by atoms with Gasteiger partial charge in [-0.1, -0.05) is 42.5 Å². The largest absolute Gasteiger partial charge is 0.477 e. The summed E-state index contributed by atoms with van der Waals surface area (Å²) < 4.78 is 6.11. The number of benzene rings is 2. The maximum Gasteiger partial charge on any atom is 0.354 e. The van der Waals surface area contributed by atoms with E-state index in [-0.39, 0.29) is 12.2 Å². The first kappa shape index (κ1) is 16.4. The number of esters is 1. The Morgan fingerprint density at radius 2 is 1.76 bits per heavy atom. The van der Waals surface area contributed by atoms with Crippen LogP contribution in [0.25, 0.3) is 11.3 Å². The monoisotopic (exact) mass is 336 g/mol. The van der Waals surface area contributed by atoms with Gasteiger partial charge in [-0.2, -0.15) is 5.10 Å². The Bertz CT molecular complexity index is 899. The molecular weight excluding hydrogens is 320 g/mol. The smallest absolute Gasteiger partial charge is 0.354 e. The van der Waals surface area contributed by atoms with E-state index in [1.54, 1.807) is 30.3 Å². The zero-order valence-corrected chi connectivity index (χ0v) is 13.5. The highest BCUT2D eigenvalue weighted by atomic mass is 16.5. The molecule has 2 aromatic carbocycles. The van der Waals surface area contributed by atoms with Gasteiger partial charge in [0.1, 0.15) is 5.69 Å². The van der Waals surface area contributed by atoms with Gasteiger partial charge in [-0.05, 0) is 23.8 Å². The molecule has 126 valence electrons. The molecule has 1 heterocycles. The quantitative estimate of drug-likeness (QED) is 0.724. The molecule has 0 aliphatic carbocycles. The zero-order chi connectivity index (χ0) is 17.8. The average Bonchev–Trinajstić information content (AvgIpc) is 3.06. The second-order valence-corrected chi connectivity index (χ2v) is 5.43. The Labute approximate surface area is 144 Å². The van der Waals surface area contributed by atoms with Crippen molar-refractivity contribution in [3.05, 3.63) is 77.5 Å². The van der Waals surface area contributed by atoms with Crippen molar-refractivity contribution in [2.45, 2.75) is 6.54 Å². The molecule has 0 bridgehead atoms. The molecule has 0 aliphatic heterocycles. The molecule has 25 heavy (non-hydrogen) atoms. The first-order valence-electron chi connectivity index (χ1n) is 7.62. The fourth-order valence-electron chi connectivity index (χ4n) is 2.50. The van der Waals surface area contributed by atoms with E-state index in [2.05, 4.69) is 9.84 Å². The lowest BCUT2D eigenvalue weighted by Gasteiger charge is -2.06. The van der Waals surface area contributed by atoms with Crippen LogP contribution in [-0.4, -0.2) is 33.9 Å². The fourth-order valence-corrected chi connectivity index (χ4v) is 2.50. The Morgan fingerprint density at radius 3 is 2.36 bits per heavy atom. The SMILES string of the molecule is COC(=O)c1ccc(Cn2nc(-c3ccccc3)cc2C(=O)O)cc1. The maximum absolute atomic E-state index is 11.5. The van der Waals surface area contributed by atoms with Crippen LogP contribution in [0, 0.1) is 0 Å². The molecule has 0 aliphatic rings. The molecule has 0 saturated carbocycles. The van der Waals surface area contributed by atoms with Gasteiger partial charge in [0, 0.05) is 5.56 Å². The van der Waals surface area contributed by atoms with Crippen LogP contribution in [0.4, 0.5) is 0 Å². The molecule has 0 saturated heterocycles.